The van der Waals surface area contributed by atoms with Crippen molar-refractivity contribution in [3.63, 3.8) is 0 Å². The molecule has 35 heavy (non-hydrogen) atoms. The van der Waals surface area contributed by atoms with E-state index in [-0.39, 0.29) is 42.4 Å². The molecule has 8 nitrogen and oxygen atoms in total. The Balaban J connectivity index is 2.08. The third kappa shape index (κ3) is 9.64. The number of hydrogen-bond donors (Lipinski definition) is 3. The van der Waals surface area contributed by atoms with E-state index in [9.17, 15) is 14.0 Å². The maximum atomic E-state index is 14.0. The molecule has 1 aromatic carbocycles. The number of urea groups is 1. The Hall–Kier alpha value is -2.39. The fourth-order valence-electron chi connectivity index (χ4n) is 4.54. The molecule has 3 atom stereocenters. The summed E-state index contributed by atoms with van der Waals surface area (Å²) in [6.07, 6.45) is 2.69. The second-order valence-electron chi connectivity index (χ2n) is 10.0. The SMILES string of the molecule is CCC(C)(C)C[C@@H](CNC)NC(=O)N1CCC[C@@H]([C@@H](OCCNC(=O)OC)c2cccc(F)c2)C1. The Morgan fingerprint density at radius 1 is 1.31 bits per heavy atom. The van der Waals surface area contributed by atoms with Gasteiger partial charge in [0, 0.05) is 38.1 Å². The van der Waals surface area contributed by atoms with Crippen LogP contribution in [0.25, 0.3) is 0 Å². The average Bonchev–Trinajstić information content (AvgIpc) is 2.83. The van der Waals surface area contributed by atoms with E-state index in [4.69, 9.17) is 4.74 Å². The van der Waals surface area contributed by atoms with Gasteiger partial charge in [-0.1, -0.05) is 39.3 Å². The minimum Gasteiger partial charge on any atom is -0.453 e. The minimum absolute atomic E-state index is 0.00394. The molecular formula is C26H43FN4O4. The lowest BCUT2D eigenvalue weighted by Gasteiger charge is -2.38. The standard InChI is InChI=1S/C26H43FN4O4/c1-6-26(2,3)16-22(17-28-4)30-24(32)31-13-8-10-20(18-31)23(19-9-7-11-21(27)15-19)35-14-12-29-25(33)34-5/h7,9,11,15,20,22-23,28H,6,8,10,12-14,16-18H2,1-5H3,(H,29,33)(H,30,32)/t20-,22+,23+/m1/s1. The molecule has 1 heterocycles. The number of amides is 3. The van der Waals surface area contributed by atoms with Crippen molar-refractivity contribution in [3.8, 4) is 0 Å². The molecule has 0 aromatic heterocycles. The van der Waals surface area contributed by atoms with Crippen LogP contribution in [0.2, 0.25) is 0 Å². The summed E-state index contributed by atoms with van der Waals surface area (Å²) in [7, 11) is 3.20. The van der Waals surface area contributed by atoms with Crippen molar-refractivity contribution >= 4 is 12.1 Å². The van der Waals surface area contributed by atoms with Gasteiger partial charge in [0.15, 0.2) is 0 Å². The summed E-state index contributed by atoms with van der Waals surface area (Å²) in [5, 5.41) is 9.01. The number of hydrogen-bond acceptors (Lipinski definition) is 5. The van der Waals surface area contributed by atoms with E-state index in [1.54, 1.807) is 6.07 Å². The Bertz CT molecular complexity index is 807. The van der Waals surface area contributed by atoms with Crippen molar-refractivity contribution in [1.29, 1.82) is 0 Å². The van der Waals surface area contributed by atoms with Crippen molar-refractivity contribution < 1.29 is 23.5 Å². The van der Waals surface area contributed by atoms with Crippen molar-refractivity contribution in [2.75, 3.05) is 46.9 Å². The first-order valence-electron chi connectivity index (χ1n) is 12.6. The van der Waals surface area contributed by atoms with Crippen LogP contribution >= 0.6 is 0 Å². The molecular weight excluding hydrogens is 451 g/mol. The summed E-state index contributed by atoms with van der Waals surface area (Å²) in [5.41, 5.74) is 0.862. The van der Waals surface area contributed by atoms with Crippen molar-refractivity contribution in [2.45, 2.75) is 58.6 Å². The lowest BCUT2D eigenvalue weighted by Crippen LogP contribution is -2.52. The number of halogens is 1. The smallest absolute Gasteiger partial charge is 0.406 e. The molecule has 0 spiro atoms. The monoisotopic (exact) mass is 494 g/mol. The molecule has 0 radical (unpaired) electrons. The molecule has 1 saturated heterocycles. The topological polar surface area (TPSA) is 91.9 Å². The quantitative estimate of drug-likeness (QED) is 0.381. The lowest BCUT2D eigenvalue weighted by atomic mass is 9.83. The van der Waals surface area contributed by atoms with Crippen molar-refractivity contribution in [1.82, 2.24) is 20.9 Å². The van der Waals surface area contributed by atoms with E-state index >= 15 is 0 Å². The van der Waals surface area contributed by atoms with Crippen LogP contribution in [0.5, 0.6) is 0 Å². The molecule has 1 aliphatic heterocycles. The van der Waals surface area contributed by atoms with E-state index in [0.717, 1.165) is 31.2 Å². The lowest BCUT2D eigenvalue weighted by molar-refractivity contribution is -0.00882. The van der Waals surface area contributed by atoms with Gasteiger partial charge >= 0.3 is 12.1 Å². The molecule has 0 unspecified atom stereocenters. The molecule has 0 saturated carbocycles. The maximum absolute atomic E-state index is 14.0. The molecule has 0 aliphatic carbocycles. The van der Waals surface area contributed by atoms with Gasteiger partial charge in [0.05, 0.1) is 19.8 Å². The third-order valence-corrected chi connectivity index (χ3v) is 6.74. The summed E-state index contributed by atoms with van der Waals surface area (Å²) >= 11 is 0. The fraction of sp³-hybridized carbons (Fsp3) is 0.692. The normalized spacial score (nSPS) is 18.0. The second kappa shape index (κ2) is 14.2. The number of nitrogens with zero attached hydrogens (tertiary/aromatic N) is 1. The summed E-state index contributed by atoms with van der Waals surface area (Å²) < 4.78 is 24.7. The van der Waals surface area contributed by atoms with Crippen molar-refractivity contribution in [2.24, 2.45) is 11.3 Å². The van der Waals surface area contributed by atoms with Gasteiger partial charge in [0.25, 0.3) is 0 Å². The van der Waals surface area contributed by atoms with Gasteiger partial charge in [0.1, 0.15) is 5.82 Å². The fourth-order valence-corrected chi connectivity index (χ4v) is 4.54. The first-order valence-corrected chi connectivity index (χ1v) is 12.6. The molecule has 3 N–H and O–H groups in total. The number of benzene rings is 1. The van der Waals surface area contributed by atoms with Crippen LogP contribution in [0.15, 0.2) is 24.3 Å². The number of rotatable bonds is 12. The number of carbonyl (C=O) groups excluding carboxylic acids is 2. The number of piperidine rings is 1. The summed E-state index contributed by atoms with van der Waals surface area (Å²) in [4.78, 5) is 26.4. The second-order valence-corrected chi connectivity index (χ2v) is 10.0. The van der Waals surface area contributed by atoms with Crippen LogP contribution < -0.4 is 16.0 Å². The molecule has 9 heteroatoms. The third-order valence-electron chi connectivity index (χ3n) is 6.74. The highest BCUT2D eigenvalue weighted by Crippen LogP contribution is 2.33. The van der Waals surface area contributed by atoms with Crippen LogP contribution in [0.3, 0.4) is 0 Å². The Morgan fingerprint density at radius 3 is 2.74 bits per heavy atom. The predicted molar refractivity (Wildman–Crippen MR) is 135 cm³/mol. The van der Waals surface area contributed by atoms with Crippen molar-refractivity contribution in [3.05, 3.63) is 35.6 Å². The highest BCUT2D eigenvalue weighted by Gasteiger charge is 2.32. The number of likely N-dealkylation sites (tertiary alicyclic amines) is 1. The van der Waals surface area contributed by atoms with E-state index in [2.05, 4.69) is 41.5 Å². The molecule has 3 amide bonds. The van der Waals surface area contributed by atoms with Crippen LogP contribution in [-0.2, 0) is 9.47 Å². The number of likely N-dealkylation sites (N-methyl/N-ethyl adjacent to an activating group) is 1. The zero-order chi connectivity index (χ0) is 25.8. The van der Waals surface area contributed by atoms with Crippen LogP contribution in [0, 0.1) is 17.2 Å². The number of carbonyl (C=O) groups is 2. The van der Waals surface area contributed by atoms with Gasteiger partial charge < -0.3 is 30.3 Å². The molecule has 1 fully saturated rings. The molecule has 198 valence electrons. The van der Waals surface area contributed by atoms with Gasteiger partial charge in [0.2, 0.25) is 0 Å². The van der Waals surface area contributed by atoms with Gasteiger partial charge in [-0.25, -0.2) is 14.0 Å². The molecule has 1 aliphatic rings. The van der Waals surface area contributed by atoms with E-state index in [0.29, 0.717) is 19.6 Å². The number of methoxy groups -OCH3 is 1. The van der Waals surface area contributed by atoms with E-state index in [1.165, 1.54) is 19.2 Å². The summed E-state index contributed by atoms with van der Waals surface area (Å²) in [6, 6.07) is 6.34. The Labute approximate surface area is 209 Å². The molecule has 1 aromatic rings. The Morgan fingerprint density at radius 2 is 2.09 bits per heavy atom. The van der Waals surface area contributed by atoms with E-state index < -0.39 is 12.2 Å². The zero-order valence-electron chi connectivity index (χ0n) is 21.9. The highest BCUT2D eigenvalue weighted by atomic mass is 19.1. The van der Waals surface area contributed by atoms with Crippen LogP contribution in [0.1, 0.15) is 58.1 Å². The predicted octanol–water partition coefficient (Wildman–Crippen LogP) is 4.08. The van der Waals surface area contributed by atoms with Gasteiger partial charge in [-0.3, -0.25) is 0 Å². The van der Waals surface area contributed by atoms with E-state index in [1.807, 2.05) is 18.0 Å². The first kappa shape index (κ1) is 28.8. The number of alkyl carbamates (subject to hydrolysis) is 1. The average molecular weight is 495 g/mol. The largest absolute Gasteiger partial charge is 0.453 e. The number of ether oxygens (including phenoxy) is 2. The molecule has 0 bridgehead atoms. The van der Waals surface area contributed by atoms with Gasteiger partial charge in [-0.2, -0.15) is 0 Å². The number of nitrogens with one attached hydrogen (secondary N) is 3. The summed E-state index contributed by atoms with van der Waals surface area (Å²) in [5.74, 6) is -0.327. The maximum Gasteiger partial charge on any atom is 0.406 e. The van der Waals surface area contributed by atoms with Crippen LogP contribution in [0.4, 0.5) is 14.0 Å². The first-order chi connectivity index (χ1) is 16.7. The Kier molecular flexibility index (Phi) is 11.7. The molecule has 2 rings (SSSR count). The minimum atomic E-state index is -0.529. The van der Waals surface area contributed by atoms with Gasteiger partial charge in [-0.05, 0) is 49.4 Å². The zero-order valence-corrected chi connectivity index (χ0v) is 21.9. The van der Waals surface area contributed by atoms with Crippen LogP contribution in [-0.4, -0.2) is 70.0 Å². The summed E-state index contributed by atoms with van der Waals surface area (Å²) in [6.45, 7) is 9.01. The highest BCUT2D eigenvalue weighted by molar-refractivity contribution is 5.74. The van der Waals surface area contributed by atoms with Gasteiger partial charge in [-0.15, -0.1) is 0 Å².